The second-order valence-corrected chi connectivity index (χ2v) is 7.02. The molecule has 0 saturated heterocycles. The van der Waals surface area contributed by atoms with Crippen LogP contribution in [0.5, 0.6) is 11.5 Å². The fourth-order valence-electron chi connectivity index (χ4n) is 2.11. The molecule has 0 aliphatic heterocycles. The molecule has 0 atom stereocenters. The Morgan fingerprint density at radius 3 is 2.15 bits per heavy atom. The first kappa shape index (κ1) is 23.5. The average Bonchev–Trinajstić information content (AvgIpc) is 2.58. The molecule has 0 N–H and O–H groups in total. The van der Waals surface area contributed by atoms with E-state index in [0.717, 1.165) is 43.5 Å². The number of rotatable bonds is 13. The van der Waals surface area contributed by atoms with Crippen LogP contribution in [0.4, 0.5) is 8.78 Å². The number of oxime groups is 1. The lowest BCUT2D eigenvalue weighted by atomic mass is 10.1. The molecule has 0 unspecified atom stereocenters. The van der Waals surface area contributed by atoms with E-state index in [1.165, 1.54) is 6.08 Å². The molecule has 0 amide bonds. The molecule has 0 radical (unpaired) electrons. The highest BCUT2D eigenvalue weighted by atomic mass is 35.5. The van der Waals surface area contributed by atoms with E-state index in [1.54, 1.807) is 0 Å². The van der Waals surface area contributed by atoms with E-state index in [0.29, 0.717) is 13.0 Å². The van der Waals surface area contributed by atoms with Crippen molar-refractivity contribution in [3.8, 4) is 11.5 Å². The van der Waals surface area contributed by atoms with Gasteiger partial charge in [0, 0.05) is 12.1 Å². The highest BCUT2D eigenvalue weighted by Crippen LogP contribution is 2.27. The van der Waals surface area contributed by atoms with E-state index >= 15 is 0 Å². The van der Waals surface area contributed by atoms with Gasteiger partial charge in [-0.3, -0.25) is 0 Å². The van der Waals surface area contributed by atoms with Crippen molar-refractivity contribution < 1.29 is 23.1 Å². The van der Waals surface area contributed by atoms with Gasteiger partial charge in [0.2, 0.25) is 0 Å². The summed E-state index contributed by atoms with van der Waals surface area (Å²) in [5, 5.41) is 3.85. The summed E-state index contributed by atoms with van der Waals surface area (Å²) in [6.07, 6.45) is 5.92. The minimum absolute atomic E-state index is 0.0108. The highest BCUT2D eigenvalue weighted by Gasteiger charge is 2.13. The van der Waals surface area contributed by atoms with Gasteiger partial charge in [-0.05, 0) is 39.2 Å². The number of halogens is 4. The number of benzene rings is 1. The second kappa shape index (κ2) is 13.6. The van der Waals surface area contributed by atoms with Crippen molar-refractivity contribution in [2.45, 2.75) is 46.0 Å². The Hall–Kier alpha value is -1.53. The Balaban J connectivity index is 2.24. The maximum atomic E-state index is 14.0. The molecular weight excluding hydrogens is 399 g/mol. The van der Waals surface area contributed by atoms with E-state index in [1.807, 2.05) is 13.8 Å². The summed E-state index contributed by atoms with van der Waals surface area (Å²) in [7, 11) is 0. The Bertz CT molecular complexity index is 608. The van der Waals surface area contributed by atoms with Gasteiger partial charge in [-0.2, -0.15) is 0 Å². The zero-order chi connectivity index (χ0) is 20.1. The Kier molecular flexibility index (Phi) is 11.9. The van der Waals surface area contributed by atoms with Crippen LogP contribution < -0.4 is 9.47 Å². The topological polar surface area (TPSA) is 40.0 Å². The summed E-state index contributed by atoms with van der Waals surface area (Å²) in [6.45, 7) is 4.60. The van der Waals surface area contributed by atoms with Crippen LogP contribution in [0, 0.1) is 11.6 Å². The molecule has 0 spiro atoms. The van der Waals surface area contributed by atoms with Crippen LogP contribution >= 0.6 is 23.2 Å². The molecule has 0 saturated carbocycles. The molecule has 27 heavy (non-hydrogen) atoms. The van der Waals surface area contributed by atoms with Crippen LogP contribution in [0.25, 0.3) is 0 Å². The zero-order valence-electron chi connectivity index (χ0n) is 15.6. The minimum atomic E-state index is -0.810. The minimum Gasteiger partial charge on any atom is -0.489 e. The third kappa shape index (κ3) is 11.0. The number of ether oxygens (including phenoxy) is 2. The number of unbranched alkanes of at least 4 members (excludes halogenated alkanes) is 4. The van der Waals surface area contributed by atoms with E-state index in [4.69, 9.17) is 37.5 Å². The van der Waals surface area contributed by atoms with Gasteiger partial charge in [0.05, 0.1) is 12.3 Å². The van der Waals surface area contributed by atoms with Crippen molar-refractivity contribution in [3.63, 3.8) is 0 Å². The number of nitrogens with zero attached hydrogens (tertiary/aromatic N) is 1. The molecule has 152 valence electrons. The SMILES string of the molecule is CC(C)=NOCCCCCCCOc1c(F)cc(OCC=C(Cl)Cl)cc1F. The predicted molar refractivity (Wildman–Crippen MR) is 105 cm³/mol. The lowest BCUT2D eigenvalue weighted by Gasteiger charge is -2.10. The first-order chi connectivity index (χ1) is 12.9. The lowest BCUT2D eigenvalue weighted by molar-refractivity contribution is 0.139. The van der Waals surface area contributed by atoms with Crippen LogP contribution in [0.2, 0.25) is 0 Å². The van der Waals surface area contributed by atoms with Crippen molar-refractivity contribution in [2.24, 2.45) is 5.16 Å². The second-order valence-electron chi connectivity index (χ2n) is 6.01. The van der Waals surface area contributed by atoms with Crippen molar-refractivity contribution in [1.29, 1.82) is 0 Å². The molecule has 0 heterocycles. The van der Waals surface area contributed by atoms with Gasteiger partial charge in [-0.25, -0.2) is 8.78 Å². The summed E-state index contributed by atoms with van der Waals surface area (Å²) in [5.41, 5.74) is 0.891. The van der Waals surface area contributed by atoms with Gasteiger partial charge in [-0.1, -0.05) is 41.2 Å². The van der Waals surface area contributed by atoms with Gasteiger partial charge < -0.3 is 14.3 Å². The third-order valence-electron chi connectivity index (χ3n) is 3.33. The van der Waals surface area contributed by atoms with E-state index < -0.39 is 17.4 Å². The largest absolute Gasteiger partial charge is 0.489 e. The van der Waals surface area contributed by atoms with Gasteiger partial charge >= 0.3 is 0 Å². The summed E-state index contributed by atoms with van der Waals surface area (Å²) < 4.78 is 38.3. The van der Waals surface area contributed by atoms with Gasteiger partial charge in [0.15, 0.2) is 17.4 Å². The molecule has 1 aromatic rings. The van der Waals surface area contributed by atoms with Crippen LogP contribution in [0.3, 0.4) is 0 Å². The average molecular weight is 424 g/mol. The Morgan fingerprint density at radius 2 is 1.56 bits per heavy atom. The van der Waals surface area contributed by atoms with E-state index in [-0.39, 0.29) is 23.5 Å². The monoisotopic (exact) mass is 423 g/mol. The maximum absolute atomic E-state index is 14.0. The molecule has 0 fully saturated rings. The molecule has 0 aliphatic rings. The lowest BCUT2D eigenvalue weighted by Crippen LogP contribution is -2.03. The molecule has 0 aliphatic carbocycles. The quantitative estimate of drug-likeness (QED) is 0.209. The van der Waals surface area contributed by atoms with Crippen molar-refractivity contribution in [3.05, 3.63) is 34.3 Å². The molecule has 8 heteroatoms. The first-order valence-corrected chi connectivity index (χ1v) is 9.54. The normalized spacial score (nSPS) is 10.3. The smallest absolute Gasteiger partial charge is 0.190 e. The van der Waals surface area contributed by atoms with Crippen molar-refractivity contribution >= 4 is 28.9 Å². The summed E-state index contributed by atoms with van der Waals surface area (Å²) in [6, 6.07) is 2.13. The fourth-order valence-corrected chi connectivity index (χ4v) is 2.23. The van der Waals surface area contributed by atoms with Crippen molar-refractivity contribution in [1.82, 2.24) is 0 Å². The molecule has 4 nitrogen and oxygen atoms in total. The molecule has 0 bridgehead atoms. The van der Waals surface area contributed by atoms with Gasteiger partial charge in [0.25, 0.3) is 0 Å². The van der Waals surface area contributed by atoms with Crippen LogP contribution in [-0.2, 0) is 4.84 Å². The first-order valence-electron chi connectivity index (χ1n) is 8.79. The van der Waals surface area contributed by atoms with Crippen LogP contribution in [-0.4, -0.2) is 25.5 Å². The number of hydrogen-bond donors (Lipinski definition) is 0. The molecule has 1 aromatic carbocycles. The maximum Gasteiger partial charge on any atom is 0.190 e. The van der Waals surface area contributed by atoms with Crippen molar-refractivity contribution in [2.75, 3.05) is 19.8 Å². The van der Waals surface area contributed by atoms with E-state index in [2.05, 4.69) is 5.16 Å². The Morgan fingerprint density at radius 1 is 0.963 bits per heavy atom. The summed E-state index contributed by atoms with van der Waals surface area (Å²) >= 11 is 10.9. The fraction of sp³-hybridized carbons (Fsp3) is 0.526. The van der Waals surface area contributed by atoms with Crippen LogP contribution in [0.15, 0.2) is 27.9 Å². The van der Waals surface area contributed by atoms with Crippen LogP contribution in [0.1, 0.15) is 46.0 Å². The third-order valence-corrected chi connectivity index (χ3v) is 3.64. The molecular formula is C19H25Cl2F2NO3. The highest BCUT2D eigenvalue weighted by molar-refractivity contribution is 6.55. The van der Waals surface area contributed by atoms with Gasteiger partial charge in [-0.15, -0.1) is 0 Å². The zero-order valence-corrected chi connectivity index (χ0v) is 17.1. The van der Waals surface area contributed by atoms with E-state index in [9.17, 15) is 8.78 Å². The number of hydrogen-bond acceptors (Lipinski definition) is 4. The molecule has 0 aromatic heterocycles. The standard InChI is InChI=1S/C19H25Cl2F2NO3/c1-14(2)24-27-10-7-5-3-4-6-9-26-19-16(22)12-15(13-17(19)23)25-11-8-18(20)21/h8,12-13H,3-7,9-11H2,1-2H3. The molecule has 1 rings (SSSR count). The summed E-state index contributed by atoms with van der Waals surface area (Å²) in [5.74, 6) is -1.98. The Labute approximate surface area is 169 Å². The summed E-state index contributed by atoms with van der Waals surface area (Å²) in [4.78, 5) is 5.11. The van der Waals surface area contributed by atoms with Gasteiger partial charge in [0.1, 0.15) is 23.5 Å². The predicted octanol–water partition coefficient (Wildman–Crippen LogP) is 6.40.